The van der Waals surface area contributed by atoms with E-state index in [4.69, 9.17) is 10.5 Å². The summed E-state index contributed by atoms with van der Waals surface area (Å²) < 4.78 is 4.89. The van der Waals surface area contributed by atoms with Crippen LogP contribution in [0.15, 0.2) is 17.5 Å². The van der Waals surface area contributed by atoms with Gasteiger partial charge in [0.25, 0.3) is 5.91 Å². The van der Waals surface area contributed by atoms with Gasteiger partial charge in [-0.1, -0.05) is 6.07 Å². The first-order valence-corrected chi connectivity index (χ1v) is 7.37. The number of thiophene rings is 1. The first-order valence-electron chi connectivity index (χ1n) is 6.49. The second-order valence-corrected chi connectivity index (χ2v) is 5.60. The topological polar surface area (TPSA) is 75.9 Å². The predicted octanol–water partition coefficient (Wildman–Crippen LogP) is 0.00620. The summed E-state index contributed by atoms with van der Waals surface area (Å²) >= 11 is 1.43. The van der Waals surface area contributed by atoms with Gasteiger partial charge in [-0.15, -0.1) is 11.3 Å². The van der Waals surface area contributed by atoms with Gasteiger partial charge in [0.15, 0.2) is 0 Å². The molecule has 1 fully saturated rings. The van der Waals surface area contributed by atoms with Gasteiger partial charge in [0.1, 0.15) is 6.04 Å². The van der Waals surface area contributed by atoms with E-state index in [1.165, 1.54) is 18.4 Å². The smallest absolute Gasteiger partial charge is 0.264 e. The Labute approximate surface area is 122 Å². The van der Waals surface area contributed by atoms with Crippen molar-refractivity contribution in [3.05, 3.63) is 22.4 Å². The lowest BCUT2D eigenvalue weighted by atomic mass is 10.2. The number of methoxy groups -OCH3 is 1. The van der Waals surface area contributed by atoms with Crippen LogP contribution in [0.3, 0.4) is 0 Å². The Morgan fingerprint density at radius 2 is 2.00 bits per heavy atom. The van der Waals surface area contributed by atoms with Crippen LogP contribution in [0.2, 0.25) is 0 Å². The van der Waals surface area contributed by atoms with Crippen LogP contribution in [0.1, 0.15) is 9.67 Å². The summed E-state index contributed by atoms with van der Waals surface area (Å²) in [6.45, 7) is 2.35. The van der Waals surface area contributed by atoms with Gasteiger partial charge in [0, 0.05) is 33.3 Å². The summed E-state index contributed by atoms with van der Waals surface area (Å²) in [6, 6.07) is 3.06. The molecule has 2 N–H and O–H groups in total. The number of piperazine rings is 1. The Morgan fingerprint density at radius 1 is 1.35 bits per heavy atom. The minimum atomic E-state index is -0.625. The summed E-state index contributed by atoms with van der Waals surface area (Å²) in [6.07, 6.45) is 0. The molecular weight excluding hydrogens is 278 g/mol. The van der Waals surface area contributed by atoms with E-state index in [1.807, 2.05) is 17.5 Å². The Bertz CT molecular complexity index is 455. The van der Waals surface area contributed by atoms with Crippen molar-refractivity contribution < 1.29 is 14.3 Å². The van der Waals surface area contributed by atoms with Gasteiger partial charge in [-0.2, -0.15) is 0 Å². The number of hydrogen-bond acceptors (Lipinski definition) is 5. The molecule has 0 aromatic carbocycles. The van der Waals surface area contributed by atoms with Gasteiger partial charge in [-0.3, -0.25) is 9.59 Å². The lowest BCUT2D eigenvalue weighted by molar-refractivity contribution is -0.135. The summed E-state index contributed by atoms with van der Waals surface area (Å²) in [5, 5.41) is 1.89. The maximum absolute atomic E-state index is 12.2. The monoisotopic (exact) mass is 297 g/mol. The van der Waals surface area contributed by atoms with Crippen LogP contribution in [-0.4, -0.2) is 67.6 Å². The number of nitrogens with zero attached hydrogens (tertiary/aromatic N) is 2. The Balaban J connectivity index is 1.86. The minimum absolute atomic E-state index is 0.0355. The zero-order chi connectivity index (χ0) is 14.5. The molecule has 0 aliphatic carbocycles. The van der Waals surface area contributed by atoms with Crippen LogP contribution in [-0.2, 0) is 9.53 Å². The molecule has 7 heteroatoms. The molecule has 1 aliphatic heterocycles. The number of carbonyl (C=O) groups excluding carboxylic acids is 2. The highest BCUT2D eigenvalue weighted by atomic mass is 32.1. The highest BCUT2D eigenvalue weighted by Gasteiger charge is 2.27. The van der Waals surface area contributed by atoms with Crippen molar-refractivity contribution in [1.82, 2.24) is 9.80 Å². The number of amides is 2. The standard InChI is InChI=1S/C13H19N3O3S/c1-19-9-10(14)12(17)15-4-6-16(7-5-15)13(18)11-3-2-8-20-11/h2-3,8,10H,4-7,9,14H2,1H3. The third-order valence-corrected chi connectivity index (χ3v) is 4.13. The van der Waals surface area contributed by atoms with E-state index in [0.29, 0.717) is 26.2 Å². The first kappa shape index (κ1) is 15.0. The molecule has 0 spiro atoms. The second kappa shape index (κ2) is 6.83. The van der Waals surface area contributed by atoms with Gasteiger partial charge in [0.2, 0.25) is 5.91 Å². The highest BCUT2D eigenvalue weighted by molar-refractivity contribution is 7.12. The Hall–Kier alpha value is -1.44. The first-order chi connectivity index (χ1) is 9.63. The van der Waals surface area contributed by atoms with E-state index in [1.54, 1.807) is 9.80 Å². The van der Waals surface area contributed by atoms with Gasteiger partial charge >= 0.3 is 0 Å². The van der Waals surface area contributed by atoms with Crippen LogP contribution >= 0.6 is 11.3 Å². The quantitative estimate of drug-likeness (QED) is 0.849. The third-order valence-electron chi connectivity index (χ3n) is 3.27. The number of carbonyl (C=O) groups is 2. The van der Waals surface area contributed by atoms with Crippen LogP contribution in [0.4, 0.5) is 0 Å². The predicted molar refractivity (Wildman–Crippen MR) is 76.7 cm³/mol. The molecule has 2 amide bonds. The molecule has 1 atom stereocenters. The molecule has 0 bridgehead atoms. The third kappa shape index (κ3) is 3.36. The van der Waals surface area contributed by atoms with Crippen molar-refractivity contribution in [1.29, 1.82) is 0 Å². The number of hydrogen-bond donors (Lipinski definition) is 1. The van der Waals surface area contributed by atoms with Gasteiger partial charge in [-0.05, 0) is 11.4 Å². The zero-order valence-corrected chi connectivity index (χ0v) is 12.3. The van der Waals surface area contributed by atoms with E-state index < -0.39 is 6.04 Å². The minimum Gasteiger partial charge on any atom is -0.383 e. The molecule has 1 aromatic rings. The summed E-state index contributed by atoms with van der Waals surface area (Å²) in [5.41, 5.74) is 5.74. The summed E-state index contributed by atoms with van der Waals surface area (Å²) in [5.74, 6) is -0.0802. The molecule has 2 heterocycles. The van der Waals surface area contributed by atoms with Crippen LogP contribution in [0.25, 0.3) is 0 Å². The summed E-state index contributed by atoms with van der Waals surface area (Å²) in [7, 11) is 1.52. The van der Waals surface area contributed by atoms with Crippen LogP contribution < -0.4 is 5.73 Å². The van der Waals surface area contributed by atoms with Crippen molar-refractivity contribution in [2.24, 2.45) is 5.73 Å². The van der Waals surface area contributed by atoms with Gasteiger partial charge in [-0.25, -0.2) is 0 Å². The van der Waals surface area contributed by atoms with Crippen LogP contribution in [0.5, 0.6) is 0 Å². The Morgan fingerprint density at radius 3 is 2.55 bits per heavy atom. The van der Waals surface area contributed by atoms with Gasteiger partial charge < -0.3 is 20.3 Å². The summed E-state index contributed by atoms with van der Waals surface area (Å²) in [4.78, 5) is 28.4. The molecule has 1 aliphatic rings. The van der Waals surface area contributed by atoms with Crippen molar-refractivity contribution in [3.63, 3.8) is 0 Å². The molecule has 2 rings (SSSR count). The van der Waals surface area contributed by atoms with Crippen molar-refractivity contribution >= 4 is 23.2 Å². The SMILES string of the molecule is COCC(N)C(=O)N1CCN(C(=O)c2cccs2)CC1. The second-order valence-electron chi connectivity index (χ2n) is 4.66. The molecule has 0 saturated carbocycles. The van der Waals surface area contributed by atoms with E-state index in [-0.39, 0.29) is 18.4 Å². The molecule has 1 saturated heterocycles. The van der Waals surface area contributed by atoms with Crippen molar-refractivity contribution in [3.8, 4) is 0 Å². The van der Waals surface area contributed by atoms with Gasteiger partial charge in [0.05, 0.1) is 11.5 Å². The van der Waals surface area contributed by atoms with E-state index >= 15 is 0 Å². The maximum atomic E-state index is 12.2. The number of nitrogens with two attached hydrogens (primary N) is 1. The highest BCUT2D eigenvalue weighted by Crippen LogP contribution is 2.14. The lowest BCUT2D eigenvalue weighted by Gasteiger charge is -2.35. The molecule has 20 heavy (non-hydrogen) atoms. The lowest BCUT2D eigenvalue weighted by Crippen LogP contribution is -2.55. The molecular formula is C13H19N3O3S. The van der Waals surface area contributed by atoms with Crippen molar-refractivity contribution in [2.45, 2.75) is 6.04 Å². The molecule has 1 aromatic heterocycles. The normalized spacial score (nSPS) is 17.1. The average Bonchev–Trinajstić information content (AvgIpc) is 3.00. The van der Waals surface area contributed by atoms with E-state index in [0.717, 1.165) is 4.88 Å². The van der Waals surface area contributed by atoms with Crippen LogP contribution in [0, 0.1) is 0 Å². The fourth-order valence-corrected chi connectivity index (χ4v) is 2.86. The largest absolute Gasteiger partial charge is 0.383 e. The molecule has 6 nitrogen and oxygen atoms in total. The Kier molecular flexibility index (Phi) is 5.11. The maximum Gasteiger partial charge on any atom is 0.264 e. The fourth-order valence-electron chi connectivity index (χ4n) is 2.17. The molecule has 0 radical (unpaired) electrons. The molecule has 110 valence electrons. The molecule has 1 unspecified atom stereocenters. The number of ether oxygens (including phenoxy) is 1. The number of rotatable bonds is 4. The van der Waals surface area contributed by atoms with E-state index in [2.05, 4.69) is 0 Å². The zero-order valence-electron chi connectivity index (χ0n) is 11.4. The fraction of sp³-hybridized carbons (Fsp3) is 0.538. The average molecular weight is 297 g/mol. The van der Waals surface area contributed by atoms with Crippen molar-refractivity contribution in [2.75, 3.05) is 39.9 Å². The van der Waals surface area contributed by atoms with E-state index in [9.17, 15) is 9.59 Å².